The minimum absolute atomic E-state index is 0.246. The highest BCUT2D eigenvalue weighted by molar-refractivity contribution is 7.18. The van der Waals surface area contributed by atoms with Gasteiger partial charge in [0.05, 0.1) is 21.6 Å². The highest BCUT2D eigenvalue weighted by Crippen LogP contribution is 2.33. The highest BCUT2D eigenvalue weighted by atomic mass is 32.1. The zero-order chi connectivity index (χ0) is 18.1. The lowest BCUT2D eigenvalue weighted by Crippen LogP contribution is -2.38. The number of thiazole rings is 1. The summed E-state index contributed by atoms with van der Waals surface area (Å²) in [4.78, 5) is 19.5. The number of hydrogen-bond donors (Lipinski definition) is 0. The van der Waals surface area contributed by atoms with E-state index in [-0.39, 0.29) is 5.91 Å². The molecule has 4 rings (SSSR count). The van der Waals surface area contributed by atoms with Crippen LogP contribution < -0.4 is 0 Å². The van der Waals surface area contributed by atoms with Crippen molar-refractivity contribution in [2.45, 2.75) is 39.0 Å². The second-order valence-electron chi connectivity index (χ2n) is 7.27. The predicted molar refractivity (Wildman–Crippen MR) is 108 cm³/mol. The molecule has 0 aliphatic carbocycles. The summed E-state index contributed by atoms with van der Waals surface area (Å²) in [5.41, 5.74) is 4.75. The summed E-state index contributed by atoms with van der Waals surface area (Å²) in [7, 11) is 0. The van der Waals surface area contributed by atoms with Gasteiger partial charge in [-0.3, -0.25) is 4.79 Å². The zero-order valence-corrected chi connectivity index (χ0v) is 16.2. The number of benzene rings is 2. The Balaban J connectivity index is 1.38. The Morgan fingerprint density at radius 2 is 1.88 bits per heavy atom. The van der Waals surface area contributed by atoms with Crippen LogP contribution in [0.25, 0.3) is 10.2 Å². The molecule has 0 N–H and O–H groups in total. The summed E-state index contributed by atoms with van der Waals surface area (Å²) in [5.74, 6) is 0.731. The number of carbonyl (C=O) groups is 1. The lowest BCUT2D eigenvalue weighted by Gasteiger charge is -2.31. The first kappa shape index (κ1) is 17.2. The molecule has 1 aliphatic heterocycles. The monoisotopic (exact) mass is 364 g/mol. The maximum absolute atomic E-state index is 12.7. The van der Waals surface area contributed by atoms with Gasteiger partial charge < -0.3 is 4.90 Å². The molecular weight excluding hydrogens is 340 g/mol. The number of amides is 1. The second kappa shape index (κ2) is 7.20. The molecule has 1 aromatic heterocycles. The van der Waals surface area contributed by atoms with E-state index in [1.54, 1.807) is 11.3 Å². The molecule has 0 unspecified atom stereocenters. The largest absolute Gasteiger partial charge is 0.342 e. The van der Waals surface area contributed by atoms with Crippen molar-refractivity contribution in [2.75, 3.05) is 13.1 Å². The van der Waals surface area contributed by atoms with Crippen molar-refractivity contribution >= 4 is 27.5 Å². The van der Waals surface area contributed by atoms with Gasteiger partial charge in [0.1, 0.15) is 0 Å². The molecule has 2 heterocycles. The van der Waals surface area contributed by atoms with E-state index in [1.807, 2.05) is 11.0 Å². The average Bonchev–Trinajstić information content (AvgIpc) is 3.09. The standard InChI is InChI=1S/C22H24N2OS/c1-15-7-8-17(13-16(15)2)14-21(25)24-11-9-18(10-12-24)22-23-19-5-3-4-6-20(19)26-22/h3-8,13,18H,9-12,14H2,1-2H3. The number of aryl methyl sites for hydroxylation is 2. The van der Waals surface area contributed by atoms with Crippen LogP contribution in [0.4, 0.5) is 0 Å². The molecule has 134 valence electrons. The van der Waals surface area contributed by atoms with Crippen molar-refractivity contribution in [3.8, 4) is 0 Å². The van der Waals surface area contributed by atoms with Crippen LogP contribution in [0, 0.1) is 13.8 Å². The quantitative estimate of drug-likeness (QED) is 0.665. The molecule has 1 aliphatic rings. The highest BCUT2D eigenvalue weighted by Gasteiger charge is 2.25. The Morgan fingerprint density at radius 3 is 2.62 bits per heavy atom. The van der Waals surface area contributed by atoms with Gasteiger partial charge in [0.2, 0.25) is 5.91 Å². The summed E-state index contributed by atoms with van der Waals surface area (Å²) in [6.45, 7) is 5.88. The molecule has 1 saturated heterocycles. The molecule has 4 heteroatoms. The SMILES string of the molecule is Cc1ccc(CC(=O)N2CCC(c3nc4ccccc4s3)CC2)cc1C. The molecule has 26 heavy (non-hydrogen) atoms. The Kier molecular flexibility index (Phi) is 4.77. The fourth-order valence-electron chi connectivity index (χ4n) is 3.64. The number of fused-ring (bicyclic) bond motifs is 1. The van der Waals surface area contributed by atoms with Crippen LogP contribution in [0.15, 0.2) is 42.5 Å². The zero-order valence-electron chi connectivity index (χ0n) is 15.4. The minimum Gasteiger partial charge on any atom is -0.342 e. The summed E-state index contributed by atoms with van der Waals surface area (Å²) < 4.78 is 1.26. The number of hydrogen-bond acceptors (Lipinski definition) is 3. The van der Waals surface area contributed by atoms with Crippen LogP contribution >= 0.6 is 11.3 Å². The fourth-order valence-corrected chi connectivity index (χ4v) is 4.78. The maximum atomic E-state index is 12.7. The molecule has 0 atom stereocenters. The van der Waals surface area contributed by atoms with Gasteiger partial charge in [-0.25, -0.2) is 4.98 Å². The normalized spacial score (nSPS) is 15.5. The van der Waals surface area contributed by atoms with Gasteiger partial charge in [-0.05, 0) is 55.5 Å². The summed E-state index contributed by atoms with van der Waals surface area (Å²) >= 11 is 1.80. The van der Waals surface area contributed by atoms with Crippen LogP contribution in [0.1, 0.15) is 40.5 Å². The molecule has 1 amide bonds. The Morgan fingerprint density at radius 1 is 1.12 bits per heavy atom. The van der Waals surface area contributed by atoms with E-state index in [9.17, 15) is 4.79 Å². The first-order chi connectivity index (χ1) is 12.6. The van der Waals surface area contributed by atoms with Crippen LogP contribution in [0.3, 0.4) is 0 Å². The summed E-state index contributed by atoms with van der Waals surface area (Å²) in [5, 5.41) is 1.23. The fraction of sp³-hybridized carbons (Fsp3) is 0.364. The van der Waals surface area contributed by atoms with Crippen LogP contribution in [-0.2, 0) is 11.2 Å². The Labute approximate surface area is 158 Å². The summed E-state index contributed by atoms with van der Waals surface area (Å²) in [6.07, 6.45) is 2.53. The number of aromatic nitrogens is 1. The van der Waals surface area contributed by atoms with Crippen LogP contribution in [0.5, 0.6) is 0 Å². The van der Waals surface area contributed by atoms with Crippen molar-refractivity contribution in [3.63, 3.8) is 0 Å². The smallest absolute Gasteiger partial charge is 0.226 e. The number of piperidine rings is 1. The number of carbonyl (C=O) groups excluding carboxylic acids is 1. The van der Waals surface area contributed by atoms with Crippen LogP contribution in [0.2, 0.25) is 0 Å². The van der Waals surface area contributed by atoms with Gasteiger partial charge in [0.15, 0.2) is 0 Å². The van der Waals surface area contributed by atoms with Gasteiger partial charge >= 0.3 is 0 Å². The van der Waals surface area contributed by atoms with Crippen molar-refractivity contribution in [2.24, 2.45) is 0 Å². The van der Waals surface area contributed by atoms with E-state index in [2.05, 4.69) is 50.2 Å². The van der Waals surface area contributed by atoms with E-state index in [1.165, 1.54) is 20.8 Å². The molecule has 1 fully saturated rings. The van der Waals surface area contributed by atoms with Gasteiger partial charge in [0, 0.05) is 19.0 Å². The number of para-hydroxylation sites is 1. The van der Waals surface area contributed by atoms with E-state index in [0.29, 0.717) is 12.3 Å². The number of likely N-dealkylation sites (tertiary alicyclic amines) is 1. The lowest BCUT2D eigenvalue weighted by atomic mass is 9.96. The van der Waals surface area contributed by atoms with Gasteiger partial charge in [-0.15, -0.1) is 11.3 Å². The minimum atomic E-state index is 0.246. The van der Waals surface area contributed by atoms with Crippen molar-refractivity contribution in [1.29, 1.82) is 0 Å². The molecule has 3 nitrogen and oxygen atoms in total. The summed E-state index contributed by atoms with van der Waals surface area (Å²) in [6, 6.07) is 14.7. The van der Waals surface area contributed by atoms with Gasteiger partial charge in [-0.1, -0.05) is 30.3 Å². The number of rotatable bonds is 3. The molecule has 0 radical (unpaired) electrons. The third-order valence-electron chi connectivity index (χ3n) is 5.43. The van der Waals surface area contributed by atoms with E-state index >= 15 is 0 Å². The maximum Gasteiger partial charge on any atom is 0.226 e. The van der Waals surface area contributed by atoms with Crippen molar-refractivity contribution in [1.82, 2.24) is 9.88 Å². The van der Waals surface area contributed by atoms with E-state index in [4.69, 9.17) is 4.98 Å². The first-order valence-electron chi connectivity index (χ1n) is 9.29. The topological polar surface area (TPSA) is 33.2 Å². The molecule has 0 saturated carbocycles. The predicted octanol–water partition coefficient (Wildman–Crippen LogP) is 4.86. The van der Waals surface area contributed by atoms with Gasteiger partial charge in [0.25, 0.3) is 0 Å². The molecular formula is C22H24N2OS. The second-order valence-corrected chi connectivity index (χ2v) is 8.33. The van der Waals surface area contributed by atoms with Crippen molar-refractivity contribution < 1.29 is 4.79 Å². The Hall–Kier alpha value is -2.20. The third kappa shape index (κ3) is 3.51. The van der Waals surface area contributed by atoms with E-state index < -0.39 is 0 Å². The third-order valence-corrected chi connectivity index (χ3v) is 6.63. The molecule has 0 bridgehead atoms. The van der Waals surface area contributed by atoms with Crippen molar-refractivity contribution in [3.05, 3.63) is 64.2 Å². The average molecular weight is 365 g/mol. The molecule has 2 aromatic carbocycles. The Bertz CT molecular complexity index is 905. The van der Waals surface area contributed by atoms with Gasteiger partial charge in [-0.2, -0.15) is 0 Å². The molecule has 0 spiro atoms. The first-order valence-corrected chi connectivity index (χ1v) is 10.1. The van der Waals surface area contributed by atoms with Crippen LogP contribution in [-0.4, -0.2) is 28.9 Å². The molecule has 3 aromatic rings. The van der Waals surface area contributed by atoms with E-state index in [0.717, 1.165) is 37.0 Å². The number of nitrogens with zero attached hydrogens (tertiary/aromatic N) is 2. The lowest BCUT2D eigenvalue weighted by molar-refractivity contribution is -0.131.